The van der Waals surface area contributed by atoms with Crippen molar-refractivity contribution in [2.45, 2.75) is 0 Å². The van der Waals surface area contributed by atoms with E-state index in [9.17, 15) is 20.2 Å². The van der Waals surface area contributed by atoms with E-state index in [1.807, 2.05) is 6.07 Å². The maximum atomic E-state index is 11.0. The van der Waals surface area contributed by atoms with Crippen molar-refractivity contribution in [2.75, 3.05) is 11.9 Å². The molecule has 0 aliphatic rings. The van der Waals surface area contributed by atoms with Crippen LogP contribution in [0.1, 0.15) is 0 Å². The summed E-state index contributed by atoms with van der Waals surface area (Å²) in [5, 5.41) is 21.7. The molecule has 0 bridgehead atoms. The van der Waals surface area contributed by atoms with Crippen LogP contribution < -0.4 is 4.90 Å². The van der Waals surface area contributed by atoms with Gasteiger partial charge in [-0.15, -0.1) is 0 Å². The SMILES string of the molecule is CN(c1ccccc1)c1ncc([N+](=O)[O-])cc1[N+](=O)[O-]. The van der Waals surface area contributed by atoms with Crippen LogP contribution in [0.15, 0.2) is 42.6 Å². The quantitative estimate of drug-likeness (QED) is 0.627. The number of nitrogens with zero attached hydrogens (tertiary/aromatic N) is 4. The molecule has 102 valence electrons. The molecule has 0 radical (unpaired) electrons. The standard InChI is InChI=1S/C12H10N4O4/c1-14(9-5-3-2-4-6-9)12-11(16(19)20)7-10(8-13-12)15(17)18/h2-8H,1H3. The van der Waals surface area contributed by atoms with E-state index in [2.05, 4.69) is 4.98 Å². The molecule has 8 heteroatoms. The summed E-state index contributed by atoms with van der Waals surface area (Å²) in [5.41, 5.74) is -0.135. The molecule has 0 unspecified atom stereocenters. The fraction of sp³-hybridized carbons (Fsp3) is 0.0833. The number of hydrogen-bond acceptors (Lipinski definition) is 6. The van der Waals surface area contributed by atoms with E-state index in [1.165, 1.54) is 4.90 Å². The molecule has 1 aromatic heterocycles. The first kappa shape index (κ1) is 13.4. The molecule has 1 aromatic carbocycles. The maximum absolute atomic E-state index is 11.0. The normalized spacial score (nSPS) is 10.1. The second-order valence-corrected chi connectivity index (χ2v) is 3.95. The zero-order valence-corrected chi connectivity index (χ0v) is 10.5. The van der Waals surface area contributed by atoms with Gasteiger partial charge in [-0.05, 0) is 12.1 Å². The van der Waals surface area contributed by atoms with Crippen molar-refractivity contribution >= 4 is 22.9 Å². The van der Waals surface area contributed by atoms with Gasteiger partial charge in [0.25, 0.3) is 5.69 Å². The molecule has 1 heterocycles. The van der Waals surface area contributed by atoms with Crippen molar-refractivity contribution in [1.29, 1.82) is 0 Å². The van der Waals surface area contributed by atoms with Gasteiger partial charge >= 0.3 is 5.69 Å². The van der Waals surface area contributed by atoms with Gasteiger partial charge in [-0.25, -0.2) is 4.98 Å². The van der Waals surface area contributed by atoms with Crippen LogP contribution in [0.4, 0.5) is 22.9 Å². The van der Waals surface area contributed by atoms with E-state index in [-0.39, 0.29) is 5.82 Å². The average Bonchev–Trinajstić information content (AvgIpc) is 2.46. The monoisotopic (exact) mass is 274 g/mol. The van der Waals surface area contributed by atoms with Crippen LogP contribution in [0.3, 0.4) is 0 Å². The summed E-state index contributed by atoms with van der Waals surface area (Å²) in [6.45, 7) is 0. The largest absolute Gasteiger partial charge is 0.324 e. The van der Waals surface area contributed by atoms with Crippen molar-refractivity contribution in [3.05, 3.63) is 62.8 Å². The number of para-hydroxylation sites is 1. The second-order valence-electron chi connectivity index (χ2n) is 3.95. The lowest BCUT2D eigenvalue weighted by Crippen LogP contribution is -2.13. The van der Waals surface area contributed by atoms with Gasteiger partial charge in [-0.1, -0.05) is 18.2 Å². The van der Waals surface area contributed by atoms with Crippen molar-refractivity contribution in [1.82, 2.24) is 4.98 Å². The fourth-order valence-corrected chi connectivity index (χ4v) is 1.70. The minimum absolute atomic E-state index is 0.0480. The molecule has 0 fully saturated rings. The summed E-state index contributed by atoms with van der Waals surface area (Å²) in [7, 11) is 1.61. The summed E-state index contributed by atoms with van der Waals surface area (Å²) in [6.07, 6.45) is 1.00. The maximum Gasteiger partial charge on any atom is 0.318 e. The van der Waals surface area contributed by atoms with Gasteiger partial charge in [0, 0.05) is 12.7 Å². The highest BCUT2D eigenvalue weighted by atomic mass is 16.6. The molecule has 2 rings (SSSR count). The van der Waals surface area contributed by atoms with Crippen LogP contribution in [-0.4, -0.2) is 21.9 Å². The first-order chi connectivity index (χ1) is 9.50. The molecule has 20 heavy (non-hydrogen) atoms. The van der Waals surface area contributed by atoms with Crippen molar-refractivity contribution < 1.29 is 9.85 Å². The summed E-state index contributed by atoms with van der Waals surface area (Å²) >= 11 is 0. The van der Waals surface area contributed by atoms with Crippen molar-refractivity contribution in [3.63, 3.8) is 0 Å². The zero-order valence-electron chi connectivity index (χ0n) is 10.5. The van der Waals surface area contributed by atoms with E-state index < -0.39 is 21.2 Å². The number of pyridine rings is 1. The molecule has 8 nitrogen and oxygen atoms in total. The van der Waals surface area contributed by atoms with Gasteiger partial charge < -0.3 is 4.90 Å². The molecule has 0 N–H and O–H groups in total. The van der Waals surface area contributed by atoms with E-state index in [0.717, 1.165) is 12.3 Å². The van der Waals surface area contributed by atoms with Gasteiger partial charge in [-0.2, -0.15) is 0 Å². The molecule has 0 saturated heterocycles. The summed E-state index contributed by atoms with van der Waals surface area (Å²) < 4.78 is 0. The minimum atomic E-state index is -0.716. The molecular weight excluding hydrogens is 264 g/mol. The fourth-order valence-electron chi connectivity index (χ4n) is 1.70. The number of anilines is 2. The Morgan fingerprint density at radius 1 is 1.10 bits per heavy atom. The third-order valence-corrected chi connectivity index (χ3v) is 2.70. The smallest absolute Gasteiger partial charge is 0.318 e. The molecule has 0 aliphatic heterocycles. The molecule has 0 aliphatic carbocycles. The summed E-state index contributed by atoms with van der Waals surface area (Å²) in [6, 6.07) is 9.79. The van der Waals surface area contributed by atoms with Crippen molar-refractivity contribution in [2.24, 2.45) is 0 Å². The van der Waals surface area contributed by atoms with Gasteiger partial charge in [0.2, 0.25) is 5.82 Å². The Kier molecular flexibility index (Phi) is 3.56. The highest BCUT2D eigenvalue weighted by molar-refractivity contribution is 5.69. The first-order valence-corrected chi connectivity index (χ1v) is 5.58. The van der Waals surface area contributed by atoms with Crippen LogP contribution in [0.5, 0.6) is 0 Å². The number of hydrogen-bond donors (Lipinski definition) is 0. The van der Waals surface area contributed by atoms with Crippen LogP contribution in [0.25, 0.3) is 0 Å². The van der Waals surface area contributed by atoms with Crippen LogP contribution in [-0.2, 0) is 0 Å². The van der Waals surface area contributed by atoms with E-state index in [4.69, 9.17) is 0 Å². The number of benzene rings is 1. The Morgan fingerprint density at radius 3 is 2.30 bits per heavy atom. The lowest BCUT2D eigenvalue weighted by atomic mass is 10.2. The highest BCUT2D eigenvalue weighted by Crippen LogP contribution is 2.32. The van der Waals surface area contributed by atoms with E-state index >= 15 is 0 Å². The zero-order chi connectivity index (χ0) is 14.7. The Labute approximate surface area is 113 Å². The number of rotatable bonds is 4. The van der Waals surface area contributed by atoms with E-state index in [1.54, 1.807) is 31.3 Å². The Bertz CT molecular complexity index is 660. The van der Waals surface area contributed by atoms with Gasteiger partial charge in [-0.3, -0.25) is 20.2 Å². The topological polar surface area (TPSA) is 102 Å². The summed E-state index contributed by atoms with van der Waals surface area (Å²) in [5.74, 6) is 0.0480. The number of aromatic nitrogens is 1. The van der Waals surface area contributed by atoms with E-state index in [0.29, 0.717) is 5.69 Å². The Hall–Kier alpha value is -3.03. The Morgan fingerprint density at radius 2 is 1.75 bits per heavy atom. The second kappa shape index (κ2) is 5.31. The average molecular weight is 274 g/mol. The predicted octanol–water partition coefficient (Wildman–Crippen LogP) is 2.67. The molecule has 0 atom stereocenters. The van der Waals surface area contributed by atoms with Crippen LogP contribution in [0, 0.1) is 20.2 Å². The highest BCUT2D eigenvalue weighted by Gasteiger charge is 2.24. The third kappa shape index (κ3) is 2.53. The molecule has 0 saturated carbocycles. The van der Waals surface area contributed by atoms with Gasteiger partial charge in [0.1, 0.15) is 6.20 Å². The molecular formula is C12H10N4O4. The lowest BCUT2D eigenvalue weighted by molar-refractivity contribution is -0.394. The molecule has 2 aromatic rings. The van der Waals surface area contributed by atoms with Gasteiger partial charge in [0.15, 0.2) is 0 Å². The first-order valence-electron chi connectivity index (χ1n) is 5.58. The summed E-state index contributed by atoms with van der Waals surface area (Å²) in [4.78, 5) is 25.6. The lowest BCUT2D eigenvalue weighted by Gasteiger charge is -2.17. The Balaban J connectivity index is 2.51. The van der Waals surface area contributed by atoms with Crippen LogP contribution >= 0.6 is 0 Å². The molecule has 0 amide bonds. The number of nitro groups is 2. The van der Waals surface area contributed by atoms with Crippen molar-refractivity contribution in [3.8, 4) is 0 Å². The minimum Gasteiger partial charge on any atom is -0.324 e. The third-order valence-electron chi connectivity index (χ3n) is 2.70. The van der Waals surface area contributed by atoms with Gasteiger partial charge in [0.05, 0.1) is 15.9 Å². The van der Waals surface area contributed by atoms with Crippen LogP contribution in [0.2, 0.25) is 0 Å². The molecule has 0 spiro atoms. The predicted molar refractivity (Wildman–Crippen MR) is 72.1 cm³/mol.